The lowest BCUT2D eigenvalue weighted by molar-refractivity contribution is -0.128. The van der Waals surface area contributed by atoms with Crippen LogP contribution in [-0.4, -0.2) is 53.0 Å². The number of phenolic OH excluding ortho intramolecular Hbond substituents is 1. The van der Waals surface area contributed by atoms with E-state index in [0.29, 0.717) is 43.0 Å². The highest BCUT2D eigenvalue weighted by atomic mass is 16.5. The second-order valence-corrected chi connectivity index (χ2v) is 10.8. The number of fused-ring (bicyclic) bond motifs is 4. The molecule has 0 unspecified atom stereocenters. The van der Waals surface area contributed by atoms with E-state index >= 15 is 0 Å². The maximum absolute atomic E-state index is 13.8. The zero-order chi connectivity index (χ0) is 24.3. The third-order valence-electron chi connectivity index (χ3n) is 8.95. The fourth-order valence-electron chi connectivity index (χ4n) is 6.42. The number of likely N-dealkylation sites (tertiary alicyclic amines) is 2. The second-order valence-electron chi connectivity index (χ2n) is 10.8. The van der Waals surface area contributed by atoms with Crippen LogP contribution >= 0.6 is 0 Å². The number of phenols is 1. The first kappa shape index (κ1) is 22.8. The normalized spacial score (nSPS) is 25.3. The van der Waals surface area contributed by atoms with Crippen molar-refractivity contribution in [1.29, 1.82) is 0 Å². The van der Waals surface area contributed by atoms with E-state index in [1.165, 1.54) is 5.56 Å². The molecule has 5 rings (SSSR count). The zero-order valence-corrected chi connectivity index (χ0v) is 20.6. The molecule has 1 aliphatic carbocycles. The van der Waals surface area contributed by atoms with Gasteiger partial charge in [-0.1, -0.05) is 39.0 Å². The number of piperidine rings is 1. The molecule has 2 fully saturated rings. The van der Waals surface area contributed by atoms with Crippen LogP contribution in [-0.2, 0) is 23.2 Å². The molecule has 0 radical (unpaired) electrons. The summed E-state index contributed by atoms with van der Waals surface area (Å²) in [5, 5.41) is 10.6. The Balaban J connectivity index is 1.45. The van der Waals surface area contributed by atoms with E-state index in [4.69, 9.17) is 4.74 Å². The molecule has 2 bridgehead atoms. The lowest BCUT2D eigenvalue weighted by Gasteiger charge is -2.60. The number of hydrogen-bond acceptors (Lipinski definition) is 4. The third kappa shape index (κ3) is 3.29. The summed E-state index contributed by atoms with van der Waals surface area (Å²) in [5.41, 5.74) is 3.42. The van der Waals surface area contributed by atoms with Crippen molar-refractivity contribution in [1.82, 2.24) is 9.80 Å². The molecule has 34 heavy (non-hydrogen) atoms. The van der Waals surface area contributed by atoms with Crippen LogP contribution in [0.15, 0.2) is 36.4 Å². The fourth-order valence-corrected chi connectivity index (χ4v) is 6.42. The van der Waals surface area contributed by atoms with E-state index in [1.54, 1.807) is 13.2 Å². The molecule has 2 aromatic rings. The van der Waals surface area contributed by atoms with Crippen molar-refractivity contribution in [2.45, 2.75) is 64.5 Å². The molecule has 180 valence electrons. The molecule has 2 heterocycles. The number of carbonyl (C=O) groups excluding carboxylic acids is 2. The average molecular weight is 463 g/mol. The van der Waals surface area contributed by atoms with Gasteiger partial charge in [0.2, 0.25) is 5.91 Å². The van der Waals surface area contributed by atoms with Gasteiger partial charge in [0.05, 0.1) is 7.11 Å². The number of nitrogens with zero attached hydrogens (tertiary/aromatic N) is 2. The van der Waals surface area contributed by atoms with Crippen LogP contribution < -0.4 is 4.74 Å². The minimum Gasteiger partial charge on any atom is -0.508 e. The molecule has 0 saturated carbocycles. The van der Waals surface area contributed by atoms with Crippen molar-refractivity contribution in [2.24, 2.45) is 5.41 Å². The Morgan fingerprint density at radius 2 is 1.97 bits per heavy atom. The molecule has 2 amide bonds. The highest BCUT2D eigenvalue weighted by Crippen LogP contribution is 2.57. The van der Waals surface area contributed by atoms with Crippen molar-refractivity contribution in [3.05, 3.63) is 58.7 Å². The van der Waals surface area contributed by atoms with Gasteiger partial charge in [0.1, 0.15) is 11.5 Å². The van der Waals surface area contributed by atoms with Crippen molar-refractivity contribution in [2.75, 3.05) is 20.2 Å². The lowest BCUT2D eigenvalue weighted by Crippen LogP contribution is -2.64. The number of hydrogen-bond donors (Lipinski definition) is 1. The van der Waals surface area contributed by atoms with E-state index in [1.807, 2.05) is 34.1 Å². The monoisotopic (exact) mass is 462 g/mol. The SMILES string of the molecule is COc1cc(C(=O)N2CC[C@@]3(C)c4cccc(O)c4C[C@@H]2C3(C)C)ccc1CN1CCCC1=O. The van der Waals surface area contributed by atoms with E-state index < -0.39 is 0 Å². The van der Waals surface area contributed by atoms with Crippen LogP contribution in [0.4, 0.5) is 0 Å². The van der Waals surface area contributed by atoms with E-state index in [2.05, 4.69) is 26.8 Å². The van der Waals surface area contributed by atoms with Gasteiger partial charge in [-0.2, -0.15) is 0 Å². The molecule has 2 saturated heterocycles. The van der Waals surface area contributed by atoms with E-state index in [0.717, 1.165) is 30.5 Å². The standard InChI is InChI=1S/C28H34N2O4/c1-27(2)24-16-20-21(7-5-8-22(20)31)28(27,3)12-14-30(24)26(33)18-10-11-19(23(15-18)34-4)17-29-13-6-9-25(29)32/h5,7-8,10-11,15,24,31H,6,9,12-14,16-17H2,1-4H3/t24-,28+/m1/s1. The molecule has 2 atom stereocenters. The Bertz CT molecular complexity index is 1160. The summed E-state index contributed by atoms with van der Waals surface area (Å²) >= 11 is 0. The molecule has 6 heteroatoms. The topological polar surface area (TPSA) is 70.1 Å². The maximum atomic E-state index is 13.8. The minimum absolute atomic E-state index is 0.0129. The van der Waals surface area contributed by atoms with Crippen LogP contribution in [0.3, 0.4) is 0 Å². The lowest BCUT2D eigenvalue weighted by atomic mass is 9.51. The van der Waals surface area contributed by atoms with Gasteiger partial charge in [0.25, 0.3) is 5.91 Å². The highest BCUT2D eigenvalue weighted by molar-refractivity contribution is 5.95. The summed E-state index contributed by atoms with van der Waals surface area (Å²) in [6.45, 7) is 8.72. The summed E-state index contributed by atoms with van der Waals surface area (Å²) in [6.07, 6.45) is 2.97. The molecule has 2 aliphatic heterocycles. The fraction of sp³-hybridized carbons (Fsp3) is 0.500. The Labute approximate surface area is 201 Å². The largest absolute Gasteiger partial charge is 0.508 e. The van der Waals surface area contributed by atoms with Crippen LogP contribution in [0.1, 0.15) is 67.1 Å². The molecular weight excluding hydrogens is 428 g/mol. The highest BCUT2D eigenvalue weighted by Gasteiger charge is 2.57. The van der Waals surface area contributed by atoms with Crippen LogP contribution in [0.25, 0.3) is 0 Å². The van der Waals surface area contributed by atoms with Gasteiger partial charge in [0.15, 0.2) is 0 Å². The number of methoxy groups -OCH3 is 1. The number of ether oxygens (including phenoxy) is 1. The van der Waals surface area contributed by atoms with Gasteiger partial charge in [-0.05, 0) is 54.0 Å². The first-order chi connectivity index (χ1) is 16.2. The quantitative estimate of drug-likeness (QED) is 0.736. The number of benzene rings is 2. The summed E-state index contributed by atoms with van der Waals surface area (Å²) < 4.78 is 5.63. The van der Waals surface area contributed by atoms with Gasteiger partial charge < -0.3 is 19.6 Å². The third-order valence-corrected chi connectivity index (χ3v) is 8.95. The van der Waals surface area contributed by atoms with Crippen LogP contribution in [0, 0.1) is 5.41 Å². The van der Waals surface area contributed by atoms with E-state index in [9.17, 15) is 14.7 Å². The Kier molecular flexibility index (Phi) is 5.38. The van der Waals surface area contributed by atoms with Crippen molar-refractivity contribution in [3.63, 3.8) is 0 Å². The van der Waals surface area contributed by atoms with E-state index in [-0.39, 0.29) is 28.7 Å². The van der Waals surface area contributed by atoms with Crippen molar-refractivity contribution >= 4 is 11.8 Å². The Hall–Kier alpha value is -3.02. The number of rotatable bonds is 4. The summed E-state index contributed by atoms with van der Waals surface area (Å²) in [5.74, 6) is 1.11. The smallest absolute Gasteiger partial charge is 0.254 e. The first-order valence-electron chi connectivity index (χ1n) is 12.2. The van der Waals surface area contributed by atoms with Gasteiger partial charge in [-0.3, -0.25) is 9.59 Å². The minimum atomic E-state index is -0.151. The summed E-state index contributed by atoms with van der Waals surface area (Å²) in [7, 11) is 1.61. The predicted molar refractivity (Wildman–Crippen MR) is 130 cm³/mol. The molecule has 3 aliphatic rings. The van der Waals surface area contributed by atoms with Gasteiger partial charge >= 0.3 is 0 Å². The summed E-state index contributed by atoms with van der Waals surface area (Å²) in [4.78, 5) is 29.7. The summed E-state index contributed by atoms with van der Waals surface area (Å²) in [6, 6.07) is 11.4. The van der Waals surface area contributed by atoms with Crippen molar-refractivity contribution in [3.8, 4) is 11.5 Å². The number of amides is 2. The number of aromatic hydroxyl groups is 1. The second kappa shape index (κ2) is 8.03. The molecular formula is C28H34N2O4. The number of carbonyl (C=O) groups is 2. The maximum Gasteiger partial charge on any atom is 0.254 e. The molecule has 6 nitrogen and oxygen atoms in total. The van der Waals surface area contributed by atoms with Crippen LogP contribution in [0.5, 0.6) is 11.5 Å². The van der Waals surface area contributed by atoms with Gasteiger partial charge in [-0.15, -0.1) is 0 Å². The Morgan fingerprint density at radius 3 is 2.68 bits per heavy atom. The first-order valence-corrected chi connectivity index (χ1v) is 12.2. The molecule has 1 N–H and O–H groups in total. The average Bonchev–Trinajstić information content (AvgIpc) is 3.21. The van der Waals surface area contributed by atoms with Crippen molar-refractivity contribution < 1.29 is 19.4 Å². The van der Waals surface area contributed by atoms with Gasteiger partial charge in [0, 0.05) is 48.6 Å². The van der Waals surface area contributed by atoms with Crippen LogP contribution in [0.2, 0.25) is 0 Å². The zero-order valence-electron chi connectivity index (χ0n) is 20.6. The van der Waals surface area contributed by atoms with Gasteiger partial charge in [-0.25, -0.2) is 0 Å². The molecule has 0 spiro atoms. The molecule has 2 aromatic carbocycles. The molecule has 0 aromatic heterocycles. The Morgan fingerprint density at radius 1 is 1.18 bits per heavy atom. The predicted octanol–water partition coefficient (Wildman–Crippen LogP) is 4.28.